The number of ether oxygens (including phenoxy) is 2. The lowest BCUT2D eigenvalue weighted by Gasteiger charge is -2.34. The molecule has 0 spiro atoms. The van der Waals surface area contributed by atoms with Crippen molar-refractivity contribution in [1.82, 2.24) is 10.2 Å². The second-order valence-corrected chi connectivity index (χ2v) is 6.57. The largest absolute Gasteiger partial charge is 0.497 e. The molecule has 0 radical (unpaired) electrons. The van der Waals surface area contributed by atoms with Crippen LogP contribution in [0.4, 0.5) is 0 Å². The summed E-state index contributed by atoms with van der Waals surface area (Å²) in [5, 5.41) is 3.26. The maximum atomic E-state index is 5.53. The van der Waals surface area contributed by atoms with Crippen molar-refractivity contribution < 1.29 is 9.47 Å². The van der Waals surface area contributed by atoms with Crippen LogP contribution in [0.25, 0.3) is 0 Å². The van der Waals surface area contributed by atoms with Crippen molar-refractivity contribution in [2.24, 2.45) is 11.8 Å². The number of hydrogen-bond acceptors (Lipinski definition) is 4. The third-order valence-corrected chi connectivity index (χ3v) is 4.99. The van der Waals surface area contributed by atoms with Gasteiger partial charge >= 0.3 is 0 Å². The van der Waals surface area contributed by atoms with Gasteiger partial charge in [-0.25, -0.2) is 0 Å². The molecule has 0 aromatic rings. The number of hydrogen-bond donors (Lipinski definition) is 1. The lowest BCUT2D eigenvalue weighted by molar-refractivity contribution is 0.141. The minimum absolute atomic E-state index is 0.538. The Hall–Kier alpha value is -0.740. The fourth-order valence-electron chi connectivity index (χ4n) is 3.46. The van der Waals surface area contributed by atoms with Crippen molar-refractivity contribution >= 4 is 0 Å². The van der Waals surface area contributed by atoms with Gasteiger partial charge in [-0.05, 0) is 25.8 Å². The zero-order valence-electron chi connectivity index (χ0n) is 15.3. The van der Waals surface area contributed by atoms with Gasteiger partial charge in [0.1, 0.15) is 12.4 Å². The van der Waals surface area contributed by atoms with Crippen molar-refractivity contribution in [2.45, 2.75) is 46.0 Å². The average molecular weight is 312 g/mol. The van der Waals surface area contributed by atoms with Crippen molar-refractivity contribution in [3.05, 3.63) is 11.5 Å². The highest BCUT2D eigenvalue weighted by molar-refractivity contribution is 5.06. The zero-order valence-corrected chi connectivity index (χ0v) is 15.3. The minimum atomic E-state index is 0.538. The Balaban J connectivity index is 2.73. The van der Waals surface area contributed by atoms with Crippen LogP contribution in [-0.4, -0.2) is 52.4 Å². The quantitative estimate of drug-likeness (QED) is 0.628. The second kappa shape index (κ2) is 10.9. The molecule has 1 aliphatic rings. The molecule has 130 valence electrons. The Morgan fingerprint density at radius 3 is 2.45 bits per heavy atom. The van der Waals surface area contributed by atoms with Crippen LogP contribution in [0.3, 0.4) is 0 Å². The van der Waals surface area contributed by atoms with Crippen LogP contribution in [0.15, 0.2) is 11.5 Å². The molecular weight excluding hydrogens is 276 g/mol. The van der Waals surface area contributed by atoms with E-state index in [1.807, 2.05) is 7.05 Å². The maximum absolute atomic E-state index is 5.53. The second-order valence-electron chi connectivity index (χ2n) is 6.57. The fourth-order valence-corrected chi connectivity index (χ4v) is 3.46. The van der Waals surface area contributed by atoms with Crippen LogP contribution in [-0.2, 0) is 9.47 Å². The first-order chi connectivity index (χ1) is 10.6. The molecule has 4 heteroatoms. The molecule has 0 amide bonds. The van der Waals surface area contributed by atoms with E-state index in [1.54, 1.807) is 14.2 Å². The molecule has 4 nitrogen and oxygen atoms in total. The van der Waals surface area contributed by atoms with Gasteiger partial charge in [-0.1, -0.05) is 39.0 Å². The smallest absolute Gasteiger partial charge is 0.140 e. The van der Waals surface area contributed by atoms with Gasteiger partial charge in [0.15, 0.2) is 0 Å². The van der Waals surface area contributed by atoms with Gasteiger partial charge < -0.3 is 19.7 Å². The fraction of sp³-hybridized carbons (Fsp3) is 0.889. The van der Waals surface area contributed by atoms with E-state index in [0.717, 1.165) is 37.2 Å². The highest BCUT2D eigenvalue weighted by Crippen LogP contribution is 2.31. The first-order valence-electron chi connectivity index (χ1n) is 8.76. The van der Waals surface area contributed by atoms with Crippen molar-refractivity contribution in [1.29, 1.82) is 0 Å². The zero-order chi connectivity index (χ0) is 16.4. The Kier molecular flexibility index (Phi) is 9.56. The molecule has 0 bridgehead atoms. The van der Waals surface area contributed by atoms with Crippen LogP contribution < -0.4 is 5.32 Å². The van der Waals surface area contributed by atoms with E-state index in [0.29, 0.717) is 6.61 Å². The number of nitrogens with zero attached hydrogens (tertiary/aromatic N) is 1. The van der Waals surface area contributed by atoms with Gasteiger partial charge in [-0.2, -0.15) is 0 Å². The lowest BCUT2D eigenvalue weighted by Crippen LogP contribution is -2.36. The highest BCUT2D eigenvalue weighted by atomic mass is 16.5. The van der Waals surface area contributed by atoms with Crippen molar-refractivity contribution in [3.63, 3.8) is 0 Å². The summed E-state index contributed by atoms with van der Waals surface area (Å²) in [4.78, 5) is 2.47. The van der Waals surface area contributed by atoms with E-state index in [9.17, 15) is 0 Å². The molecule has 1 aliphatic carbocycles. The monoisotopic (exact) mass is 312 g/mol. The van der Waals surface area contributed by atoms with Crippen molar-refractivity contribution in [2.75, 3.05) is 47.5 Å². The summed E-state index contributed by atoms with van der Waals surface area (Å²) in [7, 11) is 5.46. The molecule has 0 saturated heterocycles. The Bertz CT molecular complexity index is 325. The molecule has 22 heavy (non-hydrogen) atoms. The van der Waals surface area contributed by atoms with Crippen LogP contribution >= 0.6 is 0 Å². The summed E-state index contributed by atoms with van der Waals surface area (Å²) in [5.41, 5.74) is 1.21. The maximum Gasteiger partial charge on any atom is 0.140 e. The first kappa shape index (κ1) is 19.3. The molecule has 0 aromatic carbocycles. The summed E-state index contributed by atoms with van der Waals surface area (Å²) in [6.07, 6.45) is 7.05. The van der Waals surface area contributed by atoms with E-state index in [4.69, 9.17) is 9.47 Å². The third kappa shape index (κ3) is 6.17. The molecule has 0 aromatic heterocycles. The summed E-state index contributed by atoms with van der Waals surface area (Å²) in [5.74, 6) is 2.55. The predicted octanol–water partition coefficient (Wildman–Crippen LogP) is 3.25. The normalized spacial score (nSPS) is 18.8. The summed E-state index contributed by atoms with van der Waals surface area (Å²) >= 11 is 0. The SMILES string of the molecule is CNCCN(CC(C)C1CCCCC1)/C(C)=C(/COC)OC. The third-order valence-electron chi connectivity index (χ3n) is 4.99. The minimum Gasteiger partial charge on any atom is -0.497 e. The summed E-state index contributed by atoms with van der Waals surface area (Å²) < 4.78 is 10.8. The molecule has 0 aliphatic heterocycles. The van der Waals surface area contributed by atoms with E-state index in [-0.39, 0.29) is 0 Å². The lowest BCUT2D eigenvalue weighted by atomic mass is 9.80. The molecule has 1 rings (SSSR count). The van der Waals surface area contributed by atoms with E-state index in [2.05, 4.69) is 24.1 Å². The first-order valence-corrected chi connectivity index (χ1v) is 8.76. The predicted molar refractivity (Wildman–Crippen MR) is 92.8 cm³/mol. The van der Waals surface area contributed by atoms with Crippen molar-refractivity contribution in [3.8, 4) is 0 Å². The molecular formula is C18H36N2O2. The van der Waals surface area contributed by atoms with E-state index < -0.39 is 0 Å². The van der Waals surface area contributed by atoms with Gasteiger partial charge in [0.05, 0.1) is 12.8 Å². The number of nitrogens with one attached hydrogen (secondary N) is 1. The highest BCUT2D eigenvalue weighted by Gasteiger charge is 2.23. The van der Waals surface area contributed by atoms with Crippen LogP contribution in [0.2, 0.25) is 0 Å². The summed E-state index contributed by atoms with van der Waals surface area (Å²) in [6, 6.07) is 0. The molecule has 1 saturated carbocycles. The summed E-state index contributed by atoms with van der Waals surface area (Å²) in [6.45, 7) is 8.21. The average Bonchev–Trinajstić information content (AvgIpc) is 2.56. The van der Waals surface area contributed by atoms with E-state index >= 15 is 0 Å². The van der Waals surface area contributed by atoms with Gasteiger partial charge in [0, 0.05) is 26.7 Å². The molecule has 1 N–H and O–H groups in total. The van der Waals surface area contributed by atoms with Crippen LogP contribution in [0, 0.1) is 11.8 Å². The topological polar surface area (TPSA) is 33.7 Å². The number of methoxy groups -OCH3 is 2. The number of likely N-dealkylation sites (N-methyl/N-ethyl adjacent to an activating group) is 1. The molecule has 1 unspecified atom stereocenters. The van der Waals surface area contributed by atoms with Crippen LogP contribution in [0.1, 0.15) is 46.0 Å². The number of rotatable bonds is 10. The number of allylic oxidation sites excluding steroid dienone is 1. The Morgan fingerprint density at radius 2 is 1.91 bits per heavy atom. The van der Waals surface area contributed by atoms with Gasteiger partial charge in [0.25, 0.3) is 0 Å². The van der Waals surface area contributed by atoms with Gasteiger partial charge in [0.2, 0.25) is 0 Å². The Labute approximate surface area is 137 Å². The van der Waals surface area contributed by atoms with E-state index in [1.165, 1.54) is 37.8 Å². The molecule has 0 heterocycles. The molecule has 1 atom stereocenters. The molecule has 1 fully saturated rings. The Morgan fingerprint density at radius 1 is 1.23 bits per heavy atom. The van der Waals surface area contributed by atoms with Crippen LogP contribution in [0.5, 0.6) is 0 Å². The standard InChI is InChI=1S/C18H36N2O2/c1-15(17-9-7-6-8-10-17)13-20(12-11-19-3)16(2)18(22-5)14-21-4/h15,17,19H,6-14H2,1-5H3/b18-16-. The van der Waals surface area contributed by atoms with Gasteiger partial charge in [-0.15, -0.1) is 0 Å². The van der Waals surface area contributed by atoms with Gasteiger partial charge in [-0.3, -0.25) is 0 Å².